The second kappa shape index (κ2) is 6.70. The molecular formula is C12H9ClF6O3S. The molecule has 0 fully saturated rings. The van der Waals surface area contributed by atoms with E-state index in [1.165, 1.54) is 12.1 Å². The number of hydrogen-bond acceptors (Lipinski definition) is 3. The van der Waals surface area contributed by atoms with Crippen LogP contribution in [0.5, 0.6) is 0 Å². The Balaban J connectivity index is 3.11. The maximum absolute atomic E-state index is 12.6. The third-order valence-electron chi connectivity index (χ3n) is 2.52. The summed E-state index contributed by atoms with van der Waals surface area (Å²) in [5, 5.41) is -2.48. The fraction of sp³-hybridized carbons (Fsp3) is 0.333. The average Bonchev–Trinajstić information content (AvgIpc) is 2.36. The lowest BCUT2D eigenvalue weighted by molar-refractivity contribution is -0.114. The lowest BCUT2D eigenvalue weighted by Gasteiger charge is -2.16. The zero-order chi connectivity index (χ0) is 18.1. The number of aryl methyl sites for hydroxylation is 1. The molecule has 0 aliphatic carbocycles. The fourth-order valence-corrected chi connectivity index (χ4v) is 2.39. The topological polar surface area (TPSA) is 43.4 Å². The summed E-state index contributed by atoms with van der Waals surface area (Å²) in [6, 6.07) is 4.79. The van der Waals surface area contributed by atoms with Crippen molar-refractivity contribution in [3.05, 3.63) is 40.4 Å². The van der Waals surface area contributed by atoms with Gasteiger partial charge in [0.05, 0.1) is 17.1 Å². The summed E-state index contributed by atoms with van der Waals surface area (Å²) < 4.78 is 102. The molecule has 0 aliphatic heterocycles. The van der Waals surface area contributed by atoms with Gasteiger partial charge in [0.15, 0.2) is 0 Å². The SMILES string of the molecule is Cc1ccc(S(=O)(=O)OCC(=C(Cl)C(F)(F)F)C(F)(F)F)cc1. The summed E-state index contributed by atoms with van der Waals surface area (Å²) in [7, 11) is -4.67. The van der Waals surface area contributed by atoms with Gasteiger partial charge in [-0.2, -0.15) is 34.8 Å². The Kier molecular flexibility index (Phi) is 5.76. The summed E-state index contributed by atoms with van der Waals surface area (Å²) in [4.78, 5) is -0.493. The van der Waals surface area contributed by atoms with E-state index in [9.17, 15) is 34.8 Å². The van der Waals surface area contributed by atoms with E-state index in [0.29, 0.717) is 5.56 Å². The Bertz CT molecular complexity index is 689. The van der Waals surface area contributed by atoms with E-state index in [-0.39, 0.29) is 0 Å². The van der Waals surface area contributed by atoms with Crippen molar-refractivity contribution in [1.82, 2.24) is 0 Å². The first kappa shape index (κ1) is 19.8. The molecule has 1 aromatic carbocycles. The predicted molar refractivity (Wildman–Crippen MR) is 69.3 cm³/mol. The highest BCUT2D eigenvalue weighted by Gasteiger charge is 2.45. The normalized spacial score (nSPS) is 14.6. The van der Waals surface area contributed by atoms with Crippen LogP contribution in [0.1, 0.15) is 5.56 Å². The molecule has 0 saturated heterocycles. The van der Waals surface area contributed by atoms with Gasteiger partial charge in [-0.25, -0.2) is 0 Å². The zero-order valence-corrected chi connectivity index (χ0v) is 12.9. The predicted octanol–water partition coefficient (Wildman–Crippen LogP) is 4.32. The molecule has 0 bridgehead atoms. The van der Waals surface area contributed by atoms with Gasteiger partial charge in [0.2, 0.25) is 0 Å². The Morgan fingerprint density at radius 2 is 1.52 bits per heavy atom. The second-order valence-corrected chi connectivity index (χ2v) is 6.31. The molecule has 0 heterocycles. The van der Waals surface area contributed by atoms with Gasteiger partial charge in [0.1, 0.15) is 5.03 Å². The van der Waals surface area contributed by atoms with E-state index in [2.05, 4.69) is 15.8 Å². The maximum Gasteiger partial charge on any atom is 0.427 e. The lowest BCUT2D eigenvalue weighted by atomic mass is 10.2. The lowest BCUT2D eigenvalue weighted by Crippen LogP contribution is -2.24. The number of hydrogen-bond donors (Lipinski definition) is 0. The second-order valence-electron chi connectivity index (χ2n) is 4.32. The van der Waals surface area contributed by atoms with Crippen LogP contribution < -0.4 is 0 Å². The Morgan fingerprint density at radius 3 is 1.91 bits per heavy atom. The van der Waals surface area contributed by atoms with Crippen molar-refractivity contribution in [1.29, 1.82) is 0 Å². The number of allylic oxidation sites excluding steroid dienone is 1. The minimum absolute atomic E-state index is 0.493. The van der Waals surface area contributed by atoms with Crippen LogP contribution in [-0.4, -0.2) is 27.4 Å². The van der Waals surface area contributed by atoms with Crippen LogP contribution in [0, 0.1) is 6.92 Å². The van der Waals surface area contributed by atoms with Crippen molar-refractivity contribution in [2.75, 3.05) is 6.61 Å². The molecule has 23 heavy (non-hydrogen) atoms. The van der Waals surface area contributed by atoms with E-state index in [0.717, 1.165) is 12.1 Å². The van der Waals surface area contributed by atoms with Crippen molar-refractivity contribution in [3.63, 3.8) is 0 Å². The highest BCUT2D eigenvalue weighted by Crippen LogP contribution is 2.38. The minimum atomic E-state index is -5.50. The molecule has 3 nitrogen and oxygen atoms in total. The summed E-state index contributed by atoms with van der Waals surface area (Å²) >= 11 is 4.66. The molecule has 130 valence electrons. The van der Waals surface area contributed by atoms with Crippen molar-refractivity contribution >= 4 is 21.7 Å². The molecule has 0 saturated carbocycles. The third kappa shape index (κ3) is 5.40. The van der Waals surface area contributed by atoms with E-state index >= 15 is 0 Å². The highest BCUT2D eigenvalue weighted by molar-refractivity contribution is 7.86. The standard InChI is InChI=1S/C12H9ClF6O3S/c1-7-2-4-8(5-3-7)23(20,21)22-6-9(11(14,15)16)10(13)12(17,18)19/h2-5H,6H2,1H3. The molecule has 0 aliphatic rings. The van der Waals surface area contributed by atoms with Gasteiger partial charge in [-0.05, 0) is 19.1 Å². The molecule has 0 N–H and O–H groups in total. The van der Waals surface area contributed by atoms with Gasteiger partial charge in [-0.1, -0.05) is 29.3 Å². The first-order valence-electron chi connectivity index (χ1n) is 5.74. The number of alkyl halides is 6. The molecule has 0 aromatic heterocycles. The van der Waals surface area contributed by atoms with Gasteiger partial charge >= 0.3 is 12.4 Å². The van der Waals surface area contributed by atoms with E-state index in [4.69, 9.17) is 0 Å². The first-order valence-corrected chi connectivity index (χ1v) is 7.53. The Hall–Kier alpha value is -1.26. The van der Waals surface area contributed by atoms with Crippen LogP contribution in [0.2, 0.25) is 0 Å². The maximum atomic E-state index is 12.6. The van der Waals surface area contributed by atoms with Crippen LogP contribution in [0.4, 0.5) is 26.3 Å². The van der Waals surface area contributed by atoms with Crippen LogP contribution >= 0.6 is 11.6 Å². The summed E-state index contributed by atoms with van der Waals surface area (Å²) in [6.45, 7) is -0.261. The van der Waals surface area contributed by atoms with Crippen molar-refractivity contribution in [2.45, 2.75) is 24.2 Å². The molecule has 0 radical (unpaired) electrons. The Morgan fingerprint density at radius 1 is 1.04 bits per heavy atom. The minimum Gasteiger partial charge on any atom is -0.261 e. The quantitative estimate of drug-likeness (QED) is 0.575. The summed E-state index contributed by atoms with van der Waals surface area (Å²) in [6.07, 6.45) is -11.0. The van der Waals surface area contributed by atoms with Crippen molar-refractivity contribution in [2.24, 2.45) is 0 Å². The third-order valence-corrected chi connectivity index (χ3v) is 4.24. The summed E-state index contributed by atoms with van der Waals surface area (Å²) in [5.74, 6) is 0. The van der Waals surface area contributed by atoms with Crippen LogP contribution in [0.25, 0.3) is 0 Å². The molecule has 0 atom stereocenters. The van der Waals surface area contributed by atoms with Gasteiger partial charge < -0.3 is 0 Å². The van der Waals surface area contributed by atoms with E-state index in [1.807, 2.05) is 0 Å². The van der Waals surface area contributed by atoms with Crippen LogP contribution in [0.15, 0.2) is 39.8 Å². The highest BCUT2D eigenvalue weighted by atomic mass is 35.5. The van der Waals surface area contributed by atoms with Gasteiger partial charge in [0.25, 0.3) is 10.1 Å². The smallest absolute Gasteiger partial charge is 0.261 e. The van der Waals surface area contributed by atoms with Gasteiger partial charge in [-0.3, -0.25) is 4.18 Å². The molecular weight excluding hydrogens is 374 g/mol. The molecule has 11 heteroatoms. The number of halogens is 7. The van der Waals surface area contributed by atoms with E-state index < -0.39 is 44.6 Å². The van der Waals surface area contributed by atoms with Crippen LogP contribution in [-0.2, 0) is 14.3 Å². The van der Waals surface area contributed by atoms with E-state index in [1.54, 1.807) is 6.92 Å². The molecule has 0 amide bonds. The van der Waals surface area contributed by atoms with Crippen molar-refractivity contribution < 1.29 is 38.9 Å². The van der Waals surface area contributed by atoms with Gasteiger partial charge in [-0.15, -0.1) is 0 Å². The first-order chi connectivity index (χ1) is 10.2. The molecule has 0 unspecified atom stereocenters. The van der Waals surface area contributed by atoms with Crippen LogP contribution in [0.3, 0.4) is 0 Å². The fourth-order valence-electron chi connectivity index (χ4n) is 1.35. The van der Waals surface area contributed by atoms with Gasteiger partial charge in [0, 0.05) is 0 Å². The molecule has 1 rings (SSSR count). The monoisotopic (exact) mass is 382 g/mol. The Labute approximate surface area is 132 Å². The zero-order valence-electron chi connectivity index (χ0n) is 11.3. The number of benzene rings is 1. The van der Waals surface area contributed by atoms with Crippen molar-refractivity contribution in [3.8, 4) is 0 Å². The molecule has 1 aromatic rings. The molecule has 0 spiro atoms. The number of rotatable bonds is 4. The average molecular weight is 383 g/mol. The summed E-state index contributed by atoms with van der Waals surface area (Å²) in [5.41, 5.74) is -1.66. The largest absolute Gasteiger partial charge is 0.427 e.